The Hall–Kier alpha value is -3.92. The highest BCUT2D eigenvalue weighted by Crippen LogP contribution is 2.30. The molecule has 0 saturated heterocycles. The van der Waals surface area contributed by atoms with Crippen LogP contribution in [0.2, 0.25) is 0 Å². The number of amides is 3. The van der Waals surface area contributed by atoms with Crippen LogP contribution < -0.4 is 5.32 Å². The summed E-state index contributed by atoms with van der Waals surface area (Å²) in [6.45, 7) is 1.78. The van der Waals surface area contributed by atoms with Gasteiger partial charge in [0.05, 0.1) is 21.2 Å². The molecule has 1 aliphatic rings. The summed E-state index contributed by atoms with van der Waals surface area (Å²) in [5.41, 5.74) is 2.17. The number of carbonyl (C=O) groups excluding carboxylic acids is 3. The van der Waals surface area contributed by atoms with Crippen LogP contribution in [-0.2, 0) is 11.2 Å². The third-order valence-electron chi connectivity index (χ3n) is 5.08. The standard InChI is InChI=1S/C22H18N4O5S/c1-13-24-17(12-32-13)15-7-5-14(6-8-15)9-10-23-19(27)11-25-21(28)16-3-2-4-18(26(30)31)20(16)22(25)29/h2-8,12H,9-11H2,1H3,(H,23,27). The number of nitro groups is 1. The van der Waals surface area contributed by atoms with Crippen LogP contribution in [0.3, 0.4) is 0 Å². The van der Waals surface area contributed by atoms with Gasteiger partial charge in [-0.1, -0.05) is 30.3 Å². The Bertz CT molecular complexity index is 1240. The molecule has 0 fully saturated rings. The lowest BCUT2D eigenvalue weighted by atomic mass is 10.1. The molecule has 32 heavy (non-hydrogen) atoms. The molecule has 0 atom stereocenters. The zero-order valence-corrected chi connectivity index (χ0v) is 17.8. The predicted octanol–water partition coefficient (Wildman–Crippen LogP) is 2.98. The van der Waals surface area contributed by atoms with Crippen molar-refractivity contribution in [3.8, 4) is 11.3 Å². The third kappa shape index (κ3) is 4.12. The van der Waals surface area contributed by atoms with Gasteiger partial charge in [0.2, 0.25) is 5.91 Å². The van der Waals surface area contributed by atoms with Crippen molar-refractivity contribution in [2.45, 2.75) is 13.3 Å². The molecule has 0 bridgehead atoms. The first-order chi connectivity index (χ1) is 15.3. The molecular formula is C22H18N4O5S. The first-order valence-corrected chi connectivity index (χ1v) is 10.6. The summed E-state index contributed by atoms with van der Waals surface area (Å²) in [6, 6.07) is 11.7. The van der Waals surface area contributed by atoms with Gasteiger partial charge >= 0.3 is 0 Å². The van der Waals surface area contributed by atoms with Gasteiger partial charge in [0, 0.05) is 23.6 Å². The lowest BCUT2D eigenvalue weighted by Gasteiger charge is -2.13. The van der Waals surface area contributed by atoms with Crippen molar-refractivity contribution in [2.24, 2.45) is 0 Å². The number of benzene rings is 2. The fraction of sp³-hybridized carbons (Fsp3) is 0.182. The summed E-state index contributed by atoms with van der Waals surface area (Å²) >= 11 is 1.59. The average Bonchev–Trinajstić information content (AvgIpc) is 3.31. The summed E-state index contributed by atoms with van der Waals surface area (Å²) in [5.74, 6) is -2.06. The number of aromatic nitrogens is 1. The summed E-state index contributed by atoms with van der Waals surface area (Å²) < 4.78 is 0. The molecule has 9 nitrogen and oxygen atoms in total. The molecule has 0 spiro atoms. The van der Waals surface area contributed by atoms with Crippen LogP contribution in [0, 0.1) is 17.0 Å². The van der Waals surface area contributed by atoms with Crippen LogP contribution >= 0.6 is 11.3 Å². The van der Waals surface area contributed by atoms with Gasteiger partial charge in [-0.05, 0) is 25.0 Å². The van der Waals surface area contributed by atoms with E-state index in [4.69, 9.17) is 0 Å². The van der Waals surface area contributed by atoms with Crippen molar-refractivity contribution in [2.75, 3.05) is 13.1 Å². The first kappa shape index (κ1) is 21.3. The van der Waals surface area contributed by atoms with Crippen LogP contribution in [0.4, 0.5) is 5.69 Å². The number of aryl methyl sites for hydroxylation is 1. The van der Waals surface area contributed by atoms with E-state index in [9.17, 15) is 24.5 Å². The predicted molar refractivity (Wildman–Crippen MR) is 117 cm³/mol. The normalized spacial score (nSPS) is 12.7. The molecule has 4 rings (SSSR count). The smallest absolute Gasteiger partial charge is 0.282 e. The molecule has 2 heterocycles. The van der Waals surface area contributed by atoms with Gasteiger partial charge in [0.15, 0.2) is 0 Å². The number of fused-ring (bicyclic) bond motifs is 1. The molecule has 3 aromatic rings. The molecule has 0 radical (unpaired) electrons. The van der Waals surface area contributed by atoms with E-state index in [0.717, 1.165) is 32.8 Å². The Kier molecular flexibility index (Phi) is 5.78. The molecule has 3 amide bonds. The molecule has 0 aliphatic carbocycles. The lowest BCUT2D eigenvalue weighted by Crippen LogP contribution is -2.40. The molecule has 162 valence electrons. The van der Waals surface area contributed by atoms with Gasteiger partial charge in [0.1, 0.15) is 12.1 Å². The van der Waals surface area contributed by atoms with Crippen molar-refractivity contribution in [3.05, 3.63) is 79.7 Å². The van der Waals surface area contributed by atoms with Gasteiger partial charge in [0.25, 0.3) is 17.5 Å². The maximum Gasteiger partial charge on any atom is 0.282 e. The average molecular weight is 450 g/mol. The van der Waals surface area contributed by atoms with Crippen LogP contribution in [0.15, 0.2) is 47.8 Å². The van der Waals surface area contributed by atoms with E-state index >= 15 is 0 Å². The molecule has 0 unspecified atom stereocenters. The number of rotatable bonds is 7. The molecule has 0 saturated carbocycles. The molecule has 1 N–H and O–H groups in total. The fourth-order valence-corrected chi connectivity index (χ4v) is 4.12. The molecular weight excluding hydrogens is 432 g/mol. The van der Waals surface area contributed by atoms with Crippen molar-refractivity contribution in [1.29, 1.82) is 0 Å². The Morgan fingerprint density at radius 2 is 1.91 bits per heavy atom. The van der Waals surface area contributed by atoms with E-state index in [0.29, 0.717) is 13.0 Å². The van der Waals surface area contributed by atoms with Crippen molar-refractivity contribution in [1.82, 2.24) is 15.2 Å². The highest BCUT2D eigenvalue weighted by Gasteiger charge is 2.41. The number of thiazole rings is 1. The Morgan fingerprint density at radius 1 is 1.16 bits per heavy atom. The largest absolute Gasteiger partial charge is 0.354 e. The topological polar surface area (TPSA) is 123 Å². The Labute approximate surface area is 186 Å². The maximum absolute atomic E-state index is 12.5. The summed E-state index contributed by atoms with van der Waals surface area (Å²) in [6.07, 6.45) is 0.565. The zero-order chi connectivity index (χ0) is 22.8. The van der Waals surface area contributed by atoms with Crippen LogP contribution in [-0.4, -0.2) is 45.6 Å². The van der Waals surface area contributed by atoms with Gasteiger partial charge in [-0.2, -0.15) is 0 Å². The number of nitro benzene ring substituents is 1. The minimum absolute atomic E-state index is 0.0626. The highest BCUT2D eigenvalue weighted by molar-refractivity contribution is 7.09. The Morgan fingerprint density at radius 3 is 2.56 bits per heavy atom. The van der Waals surface area contributed by atoms with E-state index < -0.39 is 34.9 Å². The van der Waals surface area contributed by atoms with Gasteiger partial charge in [-0.15, -0.1) is 11.3 Å². The van der Waals surface area contributed by atoms with Gasteiger partial charge < -0.3 is 5.32 Å². The molecule has 1 aliphatic heterocycles. The lowest BCUT2D eigenvalue weighted by molar-refractivity contribution is -0.385. The molecule has 10 heteroatoms. The third-order valence-corrected chi connectivity index (χ3v) is 5.85. The second kappa shape index (κ2) is 8.67. The molecule has 2 aromatic carbocycles. The second-order valence-corrected chi connectivity index (χ2v) is 8.26. The number of hydrogen-bond acceptors (Lipinski definition) is 7. The maximum atomic E-state index is 12.5. The second-order valence-electron chi connectivity index (χ2n) is 7.20. The van der Waals surface area contributed by atoms with Crippen LogP contribution in [0.1, 0.15) is 31.3 Å². The molecule has 1 aromatic heterocycles. The van der Waals surface area contributed by atoms with Gasteiger partial charge in [-0.25, -0.2) is 4.98 Å². The summed E-state index contributed by atoms with van der Waals surface area (Å²) in [7, 11) is 0. The number of carbonyl (C=O) groups is 3. The first-order valence-electron chi connectivity index (χ1n) is 9.77. The summed E-state index contributed by atoms with van der Waals surface area (Å²) in [5, 5.41) is 16.8. The van der Waals surface area contributed by atoms with Crippen molar-refractivity contribution >= 4 is 34.7 Å². The monoisotopic (exact) mass is 450 g/mol. The van der Waals surface area contributed by atoms with Crippen LogP contribution in [0.5, 0.6) is 0 Å². The minimum atomic E-state index is -0.833. The number of hydrogen-bond donors (Lipinski definition) is 1. The highest BCUT2D eigenvalue weighted by atomic mass is 32.1. The quantitative estimate of drug-likeness (QED) is 0.335. The van der Waals surface area contributed by atoms with Crippen molar-refractivity contribution in [3.63, 3.8) is 0 Å². The number of nitrogens with zero attached hydrogens (tertiary/aromatic N) is 3. The Balaban J connectivity index is 1.33. The van der Waals surface area contributed by atoms with E-state index in [-0.39, 0.29) is 11.1 Å². The van der Waals surface area contributed by atoms with E-state index in [1.165, 1.54) is 12.1 Å². The zero-order valence-electron chi connectivity index (χ0n) is 17.0. The number of nitrogens with one attached hydrogen (secondary N) is 1. The van der Waals surface area contributed by atoms with E-state index in [1.807, 2.05) is 36.6 Å². The minimum Gasteiger partial charge on any atom is -0.354 e. The number of imide groups is 1. The van der Waals surface area contributed by atoms with E-state index in [1.54, 1.807) is 11.3 Å². The SMILES string of the molecule is Cc1nc(-c2ccc(CCNC(=O)CN3C(=O)c4cccc([N+](=O)[O-])c4C3=O)cc2)cs1. The van der Waals surface area contributed by atoms with Crippen molar-refractivity contribution < 1.29 is 19.3 Å². The summed E-state index contributed by atoms with van der Waals surface area (Å²) in [4.78, 5) is 52.9. The van der Waals surface area contributed by atoms with E-state index in [2.05, 4.69) is 10.3 Å². The fourth-order valence-electron chi connectivity index (χ4n) is 3.50. The van der Waals surface area contributed by atoms with Gasteiger partial charge in [-0.3, -0.25) is 29.4 Å². The van der Waals surface area contributed by atoms with Crippen LogP contribution in [0.25, 0.3) is 11.3 Å².